The van der Waals surface area contributed by atoms with Gasteiger partial charge >= 0.3 is 0 Å². The predicted octanol–water partition coefficient (Wildman–Crippen LogP) is 2.10. The fraction of sp³-hybridized carbons (Fsp3) is 0.429. The summed E-state index contributed by atoms with van der Waals surface area (Å²) < 4.78 is 0. The van der Waals surface area contributed by atoms with E-state index in [2.05, 4.69) is 10.6 Å². The minimum absolute atomic E-state index is 0.0206. The van der Waals surface area contributed by atoms with Gasteiger partial charge in [-0.3, -0.25) is 9.59 Å². The van der Waals surface area contributed by atoms with Crippen LogP contribution in [0.25, 0.3) is 0 Å². The van der Waals surface area contributed by atoms with Gasteiger partial charge in [0.15, 0.2) is 0 Å². The lowest BCUT2D eigenvalue weighted by molar-refractivity contribution is -0.177. The fourth-order valence-corrected chi connectivity index (χ4v) is 3.97. The molecule has 3 aliphatic carbocycles. The Bertz CT molecular complexity index is 640. The number of carbonyl (C=O) groups is 2. The van der Waals surface area contributed by atoms with E-state index in [0.717, 1.165) is 0 Å². The molecule has 2 bridgehead atoms. The van der Waals surface area contributed by atoms with E-state index in [0.29, 0.717) is 19.3 Å². The molecule has 0 atom stereocenters. The van der Waals surface area contributed by atoms with E-state index in [4.69, 9.17) is 23.2 Å². The van der Waals surface area contributed by atoms with E-state index in [1.807, 2.05) is 0 Å². The van der Waals surface area contributed by atoms with Crippen LogP contribution in [-0.2, 0) is 4.79 Å². The number of rotatable bonds is 3. The van der Waals surface area contributed by atoms with Crippen LogP contribution in [0.4, 0.5) is 0 Å². The lowest BCUT2D eigenvalue weighted by atomic mass is 9.39. The average Bonchev–Trinajstić information content (AvgIpc) is 2.35. The van der Waals surface area contributed by atoms with Crippen LogP contribution in [0.1, 0.15) is 29.6 Å². The van der Waals surface area contributed by atoms with E-state index in [1.165, 1.54) is 12.1 Å². The third kappa shape index (κ3) is 2.07. The molecular formula is C14H14Cl2N2O3. The summed E-state index contributed by atoms with van der Waals surface area (Å²) in [5, 5.41) is 15.7. The highest BCUT2D eigenvalue weighted by Crippen LogP contribution is 2.67. The summed E-state index contributed by atoms with van der Waals surface area (Å²) in [7, 11) is 1.61. The van der Waals surface area contributed by atoms with Crippen molar-refractivity contribution in [2.45, 2.75) is 24.8 Å². The molecular weight excluding hydrogens is 315 g/mol. The zero-order valence-electron chi connectivity index (χ0n) is 11.3. The normalized spacial score (nSPS) is 29.1. The Morgan fingerprint density at radius 3 is 2.43 bits per heavy atom. The molecule has 0 radical (unpaired) electrons. The van der Waals surface area contributed by atoms with Gasteiger partial charge in [-0.1, -0.05) is 23.2 Å². The maximum absolute atomic E-state index is 12.3. The minimum Gasteiger partial charge on any atom is -0.506 e. The minimum atomic E-state index is -0.429. The number of phenolic OH excluding ortho intramolecular Hbond substituents is 1. The van der Waals surface area contributed by atoms with Crippen LogP contribution in [0, 0.1) is 5.41 Å². The van der Waals surface area contributed by atoms with Gasteiger partial charge in [-0.05, 0) is 31.4 Å². The van der Waals surface area contributed by atoms with Gasteiger partial charge in [0.2, 0.25) is 5.91 Å². The summed E-state index contributed by atoms with van der Waals surface area (Å²) >= 11 is 11.7. The highest BCUT2D eigenvalue weighted by atomic mass is 35.5. The Balaban J connectivity index is 1.72. The molecule has 3 aliphatic rings. The van der Waals surface area contributed by atoms with E-state index < -0.39 is 5.91 Å². The van der Waals surface area contributed by atoms with Gasteiger partial charge in [0, 0.05) is 17.6 Å². The topological polar surface area (TPSA) is 78.4 Å². The Labute approximate surface area is 131 Å². The molecule has 1 aromatic carbocycles. The first-order valence-electron chi connectivity index (χ1n) is 6.54. The highest BCUT2D eigenvalue weighted by molar-refractivity contribution is 6.36. The Morgan fingerprint density at radius 2 is 1.86 bits per heavy atom. The molecule has 4 rings (SSSR count). The molecule has 112 valence electrons. The molecule has 0 spiro atoms. The molecule has 0 heterocycles. The van der Waals surface area contributed by atoms with Crippen LogP contribution in [-0.4, -0.2) is 29.5 Å². The van der Waals surface area contributed by atoms with Crippen LogP contribution in [0.2, 0.25) is 10.0 Å². The van der Waals surface area contributed by atoms with Crippen molar-refractivity contribution in [2.75, 3.05) is 7.05 Å². The van der Waals surface area contributed by atoms with Crippen molar-refractivity contribution in [3.63, 3.8) is 0 Å². The number of nitrogens with one attached hydrogen (secondary N) is 2. The SMILES string of the molecule is CNC(=O)C12CC(NC(=O)c3cc(Cl)cc(Cl)c3O)(C1)C2. The Kier molecular flexibility index (Phi) is 3.11. The average molecular weight is 329 g/mol. The second-order valence-electron chi connectivity index (χ2n) is 5.91. The zero-order valence-corrected chi connectivity index (χ0v) is 12.8. The monoisotopic (exact) mass is 328 g/mol. The summed E-state index contributed by atoms with van der Waals surface area (Å²) in [5.41, 5.74) is -0.618. The van der Waals surface area contributed by atoms with E-state index in [9.17, 15) is 14.7 Å². The first-order valence-corrected chi connectivity index (χ1v) is 7.29. The van der Waals surface area contributed by atoms with Gasteiger partial charge in [-0.25, -0.2) is 0 Å². The number of amides is 2. The number of hydrogen-bond donors (Lipinski definition) is 3. The van der Waals surface area contributed by atoms with Crippen LogP contribution in [0.15, 0.2) is 12.1 Å². The van der Waals surface area contributed by atoms with Crippen LogP contribution in [0.5, 0.6) is 5.75 Å². The Hall–Kier alpha value is -1.46. The molecule has 5 nitrogen and oxygen atoms in total. The molecule has 0 unspecified atom stereocenters. The van der Waals surface area contributed by atoms with Crippen molar-refractivity contribution >= 4 is 35.0 Å². The summed E-state index contributed by atoms with van der Waals surface area (Å²) in [5.74, 6) is -0.694. The Morgan fingerprint density at radius 1 is 1.24 bits per heavy atom. The van der Waals surface area contributed by atoms with Crippen molar-refractivity contribution in [3.05, 3.63) is 27.7 Å². The van der Waals surface area contributed by atoms with Gasteiger partial charge in [0.05, 0.1) is 16.0 Å². The summed E-state index contributed by atoms with van der Waals surface area (Å²) in [6, 6.07) is 2.74. The highest BCUT2D eigenvalue weighted by Gasteiger charge is 2.72. The molecule has 0 aromatic heterocycles. The molecule has 21 heavy (non-hydrogen) atoms. The summed E-state index contributed by atoms with van der Waals surface area (Å²) in [6.45, 7) is 0. The first-order chi connectivity index (χ1) is 9.81. The maximum Gasteiger partial charge on any atom is 0.255 e. The second kappa shape index (κ2) is 4.52. The standard InChI is InChI=1S/C14H14Cl2N2O3/c1-17-12(21)13-4-14(5-13,6-13)18-11(20)8-2-7(15)3-9(16)10(8)19/h2-3,19H,4-6H2,1H3,(H,17,21)(H,18,20). The van der Waals surface area contributed by atoms with Crippen LogP contribution >= 0.6 is 23.2 Å². The third-order valence-electron chi connectivity index (χ3n) is 4.39. The summed E-state index contributed by atoms with van der Waals surface area (Å²) in [6.07, 6.45) is 1.88. The number of phenols is 1. The van der Waals surface area contributed by atoms with Gasteiger partial charge in [-0.2, -0.15) is 0 Å². The second-order valence-corrected chi connectivity index (χ2v) is 6.75. The number of halogens is 2. The molecule has 7 heteroatoms. The lowest BCUT2D eigenvalue weighted by Gasteiger charge is -2.69. The van der Waals surface area contributed by atoms with Crippen LogP contribution in [0.3, 0.4) is 0 Å². The van der Waals surface area contributed by atoms with Crippen molar-refractivity contribution in [2.24, 2.45) is 5.41 Å². The largest absolute Gasteiger partial charge is 0.506 e. The molecule has 0 saturated heterocycles. The van der Waals surface area contributed by atoms with E-state index >= 15 is 0 Å². The zero-order chi connectivity index (χ0) is 15.4. The molecule has 0 aliphatic heterocycles. The molecule has 2 amide bonds. The van der Waals surface area contributed by atoms with Crippen molar-refractivity contribution < 1.29 is 14.7 Å². The fourth-order valence-electron chi connectivity index (χ4n) is 3.47. The van der Waals surface area contributed by atoms with Gasteiger partial charge in [0.25, 0.3) is 5.91 Å². The molecule has 3 saturated carbocycles. The van der Waals surface area contributed by atoms with Crippen molar-refractivity contribution in [3.8, 4) is 5.75 Å². The van der Waals surface area contributed by atoms with Crippen molar-refractivity contribution in [1.82, 2.24) is 10.6 Å². The maximum atomic E-state index is 12.3. The smallest absolute Gasteiger partial charge is 0.255 e. The van der Waals surface area contributed by atoms with E-state index in [1.54, 1.807) is 7.05 Å². The van der Waals surface area contributed by atoms with Gasteiger partial charge < -0.3 is 15.7 Å². The third-order valence-corrected chi connectivity index (χ3v) is 4.90. The van der Waals surface area contributed by atoms with Crippen molar-refractivity contribution in [1.29, 1.82) is 0 Å². The number of hydrogen-bond acceptors (Lipinski definition) is 3. The van der Waals surface area contributed by atoms with Gasteiger partial charge in [0.1, 0.15) is 5.75 Å². The number of carbonyl (C=O) groups excluding carboxylic acids is 2. The van der Waals surface area contributed by atoms with Crippen LogP contribution < -0.4 is 10.6 Å². The van der Waals surface area contributed by atoms with Gasteiger partial charge in [-0.15, -0.1) is 0 Å². The quantitative estimate of drug-likeness (QED) is 0.795. The molecule has 1 aromatic rings. The predicted molar refractivity (Wildman–Crippen MR) is 78.7 cm³/mol. The van der Waals surface area contributed by atoms with E-state index in [-0.39, 0.29) is 38.2 Å². The summed E-state index contributed by atoms with van der Waals surface area (Å²) in [4.78, 5) is 24.0. The lowest BCUT2D eigenvalue weighted by Crippen LogP contribution is -2.78. The number of aromatic hydroxyl groups is 1. The number of benzene rings is 1. The molecule has 3 N–H and O–H groups in total. The first kappa shape index (κ1) is 14.5. The molecule has 3 fully saturated rings.